The highest BCUT2D eigenvalue weighted by molar-refractivity contribution is 5.81. The summed E-state index contributed by atoms with van der Waals surface area (Å²) in [4.78, 5) is 4.88. The van der Waals surface area contributed by atoms with Gasteiger partial charge in [0, 0.05) is 24.0 Å². The van der Waals surface area contributed by atoms with Gasteiger partial charge in [0.05, 0.1) is 11.0 Å². The van der Waals surface area contributed by atoms with Crippen molar-refractivity contribution in [3.05, 3.63) is 95.8 Å². The lowest BCUT2D eigenvalue weighted by Gasteiger charge is -2.13. The second-order valence-electron chi connectivity index (χ2n) is 8.12. The molecule has 2 aromatic carbocycles. The molecule has 3 rings (SSSR count). The average molecular weight is 482 g/mol. The number of terminal acetylenes is 1. The number of benzene rings is 2. The van der Waals surface area contributed by atoms with Crippen LogP contribution in [0.4, 0.5) is 5.69 Å². The van der Waals surface area contributed by atoms with E-state index >= 15 is 0 Å². The number of aryl methyl sites for hydroxylation is 3. The Hall–Kier alpha value is -3.77. The summed E-state index contributed by atoms with van der Waals surface area (Å²) < 4.78 is 2.18. The number of anilines is 1. The van der Waals surface area contributed by atoms with E-state index in [0.717, 1.165) is 53.1 Å². The van der Waals surface area contributed by atoms with E-state index < -0.39 is 0 Å². The van der Waals surface area contributed by atoms with Crippen LogP contribution in [0.3, 0.4) is 0 Å². The third-order valence-corrected chi connectivity index (χ3v) is 5.54. The van der Waals surface area contributed by atoms with Crippen LogP contribution in [0.25, 0.3) is 22.4 Å². The quantitative estimate of drug-likeness (QED) is 0.244. The van der Waals surface area contributed by atoms with Crippen molar-refractivity contribution in [2.24, 2.45) is 7.05 Å². The zero-order valence-corrected chi connectivity index (χ0v) is 23.2. The van der Waals surface area contributed by atoms with Gasteiger partial charge in [0.1, 0.15) is 5.82 Å². The van der Waals surface area contributed by atoms with Crippen LogP contribution < -0.4 is 5.32 Å². The van der Waals surface area contributed by atoms with E-state index in [1.807, 2.05) is 19.9 Å². The van der Waals surface area contributed by atoms with Crippen molar-refractivity contribution < 1.29 is 0 Å². The number of hydrogen-bond donors (Lipinski definition) is 1. The van der Waals surface area contributed by atoms with Crippen LogP contribution in [0, 0.1) is 19.8 Å². The molecule has 0 saturated carbocycles. The molecule has 0 spiro atoms. The van der Waals surface area contributed by atoms with Crippen molar-refractivity contribution in [2.45, 2.75) is 60.8 Å². The smallest absolute Gasteiger partial charge is 0.140 e. The SMILES string of the molecule is C#C.C=C(/C=C/C(/C=C\CC)=C/CC)Nc1ccc(-c2nc3ccc(C)cc3n2C)cc1CC.CC. The predicted molar refractivity (Wildman–Crippen MR) is 161 cm³/mol. The Kier molecular flexibility index (Phi) is 13.5. The molecule has 1 aromatic heterocycles. The van der Waals surface area contributed by atoms with E-state index in [-0.39, 0.29) is 0 Å². The van der Waals surface area contributed by atoms with Crippen LogP contribution in [0.1, 0.15) is 58.6 Å². The van der Waals surface area contributed by atoms with E-state index in [1.165, 1.54) is 16.7 Å². The maximum atomic E-state index is 4.88. The second kappa shape index (κ2) is 16.0. The summed E-state index contributed by atoms with van der Waals surface area (Å²) in [5.41, 5.74) is 8.98. The molecule has 190 valence electrons. The molecule has 1 heterocycles. The number of allylic oxidation sites excluding steroid dienone is 6. The van der Waals surface area contributed by atoms with E-state index in [4.69, 9.17) is 4.98 Å². The fraction of sp³-hybridized carbons (Fsp3) is 0.303. The Labute approximate surface area is 219 Å². The van der Waals surface area contributed by atoms with Gasteiger partial charge in [-0.3, -0.25) is 0 Å². The molecule has 36 heavy (non-hydrogen) atoms. The van der Waals surface area contributed by atoms with Crippen LogP contribution >= 0.6 is 0 Å². The Morgan fingerprint density at radius 2 is 1.72 bits per heavy atom. The molecule has 0 fully saturated rings. The van der Waals surface area contributed by atoms with Crippen LogP contribution in [-0.4, -0.2) is 9.55 Å². The molecule has 0 amide bonds. The van der Waals surface area contributed by atoms with Gasteiger partial charge < -0.3 is 9.88 Å². The molecule has 0 bridgehead atoms. The van der Waals surface area contributed by atoms with E-state index in [1.54, 1.807) is 0 Å². The molecule has 0 radical (unpaired) electrons. The van der Waals surface area contributed by atoms with Gasteiger partial charge >= 0.3 is 0 Å². The molecule has 0 saturated heterocycles. The number of nitrogens with one attached hydrogen (secondary N) is 1. The van der Waals surface area contributed by atoms with Crippen molar-refractivity contribution in [1.29, 1.82) is 0 Å². The Morgan fingerprint density at radius 1 is 1.00 bits per heavy atom. The Balaban J connectivity index is 0.00000154. The molecule has 1 N–H and O–H groups in total. The van der Waals surface area contributed by atoms with Crippen molar-refractivity contribution >= 4 is 16.7 Å². The summed E-state index contributed by atoms with van der Waals surface area (Å²) >= 11 is 0. The number of hydrogen-bond acceptors (Lipinski definition) is 2. The third-order valence-electron chi connectivity index (χ3n) is 5.54. The van der Waals surface area contributed by atoms with Gasteiger partial charge in [-0.1, -0.05) is 71.6 Å². The van der Waals surface area contributed by atoms with Crippen LogP contribution in [0.15, 0.2) is 84.6 Å². The minimum Gasteiger partial charge on any atom is -0.356 e. The van der Waals surface area contributed by atoms with Crippen molar-refractivity contribution in [2.75, 3.05) is 5.32 Å². The molecular formula is C33H43N3. The van der Waals surface area contributed by atoms with Crippen LogP contribution in [0.2, 0.25) is 0 Å². The number of fused-ring (bicyclic) bond motifs is 1. The van der Waals surface area contributed by atoms with Crippen molar-refractivity contribution in [1.82, 2.24) is 9.55 Å². The highest BCUT2D eigenvalue weighted by Crippen LogP contribution is 2.29. The molecule has 0 aliphatic heterocycles. The third kappa shape index (κ3) is 8.17. The Morgan fingerprint density at radius 3 is 2.36 bits per heavy atom. The largest absolute Gasteiger partial charge is 0.356 e. The topological polar surface area (TPSA) is 29.9 Å². The highest BCUT2D eigenvalue weighted by Gasteiger charge is 2.12. The van der Waals surface area contributed by atoms with Gasteiger partial charge in [-0.2, -0.15) is 0 Å². The van der Waals surface area contributed by atoms with Gasteiger partial charge in [-0.05, 0) is 79.3 Å². The van der Waals surface area contributed by atoms with E-state index in [2.05, 4.69) is 125 Å². The van der Waals surface area contributed by atoms with Gasteiger partial charge in [0.25, 0.3) is 0 Å². The van der Waals surface area contributed by atoms with Gasteiger partial charge in [0.2, 0.25) is 0 Å². The van der Waals surface area contributed by atoms with Crippen molar-refractivity contribution in [3.63, 3.8) is 0 Å². The first-order valence-corrected chi connectivity index (χ1v) is 12.9. The number of aromatic nitrogens is 2. The zero-order valence-electron chi connectivity index (χ0n) is 23.2. The first kappa shape index (κ1) is 30.3. The number of rotatable bonds is 9. The fourth-order valence-corrected chi connectivity index (χ4v) is 3.80. The molecular weight excluding hydrogens is 438 g/mol. The lowest BCUT2D eigenvalue weighted by Crippen LogP contribution is -2.00. The first-order chi connectivity index (χ1) is 17.5. The van der Waals surface area contributed by atoms with Gasteiger partial charge in [-0.15, -0.1) is 12.8 Å². The van der Waals surface area contributed by atoms with Crippen molar-refractivity contribution in [3.8, 4) is 24.2 Å². The fourth-order valence-electron chi connectivity index (χ4n) is 3.80. The molecule has 3 aromatic rings. The molecule has 3 nitrogen and oxygen atoms in total. The maximum absolute atomic E-state index is 4.88. The molecule has 3 heteroatoms. The van der Waals surface area contributed by atoms with Gasteiger partial charge in [0.15, 0.2) is 0 Å². The summed E-state index contributed by atoms with van der Waals surface area (Å²) in [5, 5.41) is 3.48. The maximum Gasteiger partial charge on any atom is 0.140 e. The highest BCUT2D eigenvalue weighted by atomic mass is 15.1. The van der Waals surface area contributed by atoms with Crippen LogP contribution in [0.5, 0.6) is 0 Å². The standard InChI is InChI=1S/C29H35N3.C2H6.C2H2/c1-7-10-12-23(11-8-2)15-14-22(5)30-26-18-16-25(20-24(26)9-3)29-31-27-17-13-21(4)19-28(27)32(29)6;2*1-2/h10-20,30H,5,7-9H2,1-4,6H3;1-2H3;1-2H/b12-10-,15-14+,23-11+;;. The predicted octanol–water partition coefficient (Wildman–Crippen LogP) is 9.17. The first-order valence-electron chi connectivity index (χ1n) is 12.9. The van der Waals surface area contributed by atoms with Crippen LogP contribution in [-0.2, 0) is 13.5 Å². The summed E-state index contributed by atoms with van der Waals surface area (Å²) in [7, 11) is 2.09. The monoisotopic (exact) mass is 481 g/mol. The minimum absolute atomic E-state index is 0.873. The Bertz CT molecular complexity index is 1230. The summed E-state index contributed by atoms with van der Waals surface area (Å²) in [6.07, 6.45) is 21.7. The molecule has 0 atom stereocenters. The average Bonchev–Trinajstić information content (AvgIpc) is 3.23. The molecule has 0 aliphatic carbocycles. The van der Waals surface area contributed by atoms with E-state index in [0.29, 0.717) is 0 Å². The minimum atomic E-state index is 0.873. The van der Waals surface area contributed by atoms with E-state index in [9.17, 15) is 0 Å². The molecule has 0 unspecified atom stereocenters. The zero-order chi connectivity index (χ0) is 27.1. The lowest BCUT2D eigenvalue weighted by atomic mass is 10.1. The molecule has 0 aliphatic rings. The summed E-state index contributed by atoms with van der Waals surface area (Å²) in [6, 6.07) is 12.9. The second-order valence-corrected chi connectivity index (χ2v) is 8.12. The summed E-state index contributed by atoms with van der Waals surface area (Å²) in [5.74, 6) is 0.989. The number of imidazole rings is 1. The normalized spacial score (nSPS) is 11.2. The lowest BCUT2D eigenvalue weighted by molar-refractivity contribution is 0.957. The number of nitrogens with zero attached hydrogens (tertiary/aromatic N) is 2. The van der Waals surface area contributed by atoms with Gasteiger partial charge in [-0.25, -0.2) is 4.98 Å². The summed E-state index contributed by atoms with van der Waals surface area (Å²) in [6.45, 7) is 16.8.